The van der Waals surface area contributed by atoms with Crippen LogP contribution in [-0.2, 0) is 16.0 Å². The topological polar surface area (TPSA) is 66.4 Å². The van der Waals surface area contributed by atoms with E-state index in [9.17, 15) is 19.1 Å². The predicted octanol–water partition coefficient (Wildman–Crippen LogP) is 2.76. The number of nitrogens with one attached hydrogen (secondary N) is 1. The molecule has 6 heteroatoms. The summed E-state index contributed by atoms with van der Waals surface area (Å²) in [5, 5.41) is 13.4. The zero-order valence-corrected chi connectivity index (χ0v) is 11.9. The summed E-state index contributed by atoms with van der Waals surface area (Å²) in [5.74, 6) is -2.35. The maximum absolute atomic E-state index is 13.6. The lowest BCUT2D eigenvalue weighted by Crippen LogP contribution is -2.34. The second kappa shape index (κ2) is 6.99. The Balaban J connectivity index is 2.01. The van der Waals surface area contributed by atoms with Gasteiger partial charge in [-0.15, -0.1) is 11.3 Å². The van der Waals surface area contributed by atoms with Crippen LogP contribution in [0, 0.1) is 5.82 Å². The fourth-order valence-corrected chi connectivity index (χ4v) is 2.62. The van der Waals surface area contributed by atoms with Gasteiger partial charge < -0.3 is 10.4 Å². The molecule has 2 N–H and O–H groups in total. The maximum atomic E-state index is 13.6. The van der Waals surface area contributed by atoms with E-state index in [4.69, 9.17) is 0 Å². The van der Waals surface area contributed by atoms with Gasteiger partial charge >= 0.3 is 5.97 Å². The van der Waals surface area contributed by atoms with Crippen molar-refractivity contribution in [2.24, 2.45) is 0 Å². The number of carboxylic acids is 1. The van der Waals surface area contributed by atoms with Crippen LogP contribution in [0.4, 0.5) is 4.39 Å². The van der Waals surface area contributed by atoms with Gasteiger partial charge in [0.05, 0.1) is 0 Å². The summed E-state index contributed by atoms with van der Waals surface area (Å²) in [7, 11) is 0. The van der Waals surface area contributed by atoms with Crippen LogP contribution in [0.25, 0.3) is 0 Å². The molecule has 2 rings (SSSR count). The Labute approximate surface area is 125 Å². The number of carboxylic acid groups (broad SMARTS) is 1. The average molecular weight is 307 g/mol. The third kappa shape index (κ3) is 4.13. The fraction of sp³-hybridized carbons (Fsp3) is 0.200. The lowest BCUT2D eigenvalue weighted by Gasteiger charge is -2.15. The Morgan fingerprint density at radius 2 is 2.00 bits per heavy atom. The molecule has 110 valence electrons. The number of aryl methyl sites for hydroxylation is 1. The molecule has 0 spiro atoms. The maximum Gasteiger partial charge on any atom is 0.331 e. The minimum Gasteiger partial charge on any atom is -0.479 e. The van der Waals surface area contributed by atoms with Crippen molar-refractivity contribution in [3.8, 4) is 0 Å². The molecule has 0 fully saturated rings. The van der Waals surface area contributed by atoms with E-state index < -0.39 is 23.7 Å². The predicted molar refractivity (Wildman–Crippen MR) is 77.6 cm³/mol. The summed E-state index contributed by atoms with van der Waals surface area (Å²) in [5.41, 5.74) is -0.0468. The van der Waals surface area contributed by atoms with Crippen molar-refractivity contribution in [1.29, 1.82) is 0 Å². The molecule has 21 heavy (non-hydrogen) atoms. The van der Waals surface area contributed by atoms with E-state index in [1.165, 1.54) is 35.6 Å². The number of benzene rings is 1. The van der Waals surface area contributed by atoms with Gasteiger partial charge in [-0.05, 0) is 23.9 Å². The first-order valence-electron chi connectivity index (χ1n) is 6.37. The van der Waals surface area contributed by atoms with Gasteiger partial charge in [0.2, 0.25) is 5.91 Å². The van der Waals surface area contributed by atoms with Crippen molar-refractivity contribution >= 4 is 23.2 Å². The van der Waals surface area contributed by atoms with Gasteiger partial charge in [-0.25, -0.2) is 9.18 Å². The molecule has 0 aliphatic rings. The molecule has 1 amide bonds. The van der Waals surface area contributed by atoms with Crippen molar-refractivity contribution < 1.29 is 19.1 Å². The molecule has 1 atom stereocenters. The van der Waals surface area contributed by atoms with Crippen LogP contribution in [0.2, 0.25) is 0 Å². The zero-order chi connectivity index (χ0) is 15.2. The number of halogens is 1. The number of hydrogen-bond donors (Lipinski definition) is 2. The molecule has 1 heterocycles. The summed E-state index contributed by atoms with van der Waals surface area (Å²) < 4.78 is 13.6. The van der Waals surface area contributed by atoms with Gasteiger partial charge in [-0.1, -0.05) is 24.3 Å². The highest BCUT2D eigenvalue weighted by Crippen LogP contribution is 2.18. The normalized spacial score (nSPS) is 11.9. The van der Waals surface area contributed by atoms with Crippen LogP contribution >= 0.6 is 11.3 Å². The number of hydrogen-bond acceptors (Lipinski definition) is 3. The smallest absolute Gasteiger partial charge is 0.331 e. The van der Waals surface area contributed by atoms with Gasteiger partial charge in [-0.2, -0.15) is 0 Å². The molecular formula is C15H14FNO3S. The molecule has 0 saturated carbocycles. The number of aliphatic carboxylic acids is 1. The Kier molecular flexibility index (Phi) is 5.05. The largest absolute Gasteiger partial charge is 0.479 e. The zero-order valence-electron chi connectivity index (χ0n) is 11.1. The highest BCUT2D eigenvalue weighted by atomic mass is 32.1. The third-order valence-corrected chi connectivity index (χ3v) is 3.88. The molecule has 4 nitrogen and oxygen atoms in total. The molecular weight excluding hydrogens is 293 g/mol. The minimum atomic E-state index is -1.37. The quantitative estimate of drug-likeness (QED) is 0.862. The summed E-state index contributed by atoms with van der Waals surface area (Å²) in [6.07, 6.45) is 0.700. The number of carbonyl (C=O) groups is 2. The molecule has 0 aliphatic carbocycles. The van der Waals surface area contributed by atoms with E-state index in [2.05, 4.69) is 5.32 Å². The lowest BCUT2D eigenvalue weighted by atomic mass is 10.1. The summed E-state index contributed by atoms with van der Waals surface area (Å²) in [6, 6.07) is 7.95. The Morgan fingerprint density at radius 1 is 1.24 bits per heavy atom. The molecule has 1 aromatic heterocycles. The Bertz CT molecular complexity index is 628. The van der Waals surface area contributed by atoms with Gasteiger partial charge in [0.1, 0.15) is 5.82 Å². The van der Waals surface area contributed by atoms with E-state index in [1.54, 1.807) is 0 Å². The first-order chi connectivity index (χ1) is 10.1. The molecule has 0 unspecified atom stereocenters. The molecule has 0 bridgehead atoms. The first-order valence-corrected chi connectivity index (χ1v) is 7.25. The number of rotatable bonds is 6. The minimum absolute atomic E-state index is 0.0468. The average Bonchev–Trinajstić information content (AvgIpc) is 2.96. The van der Waals surface area contributed by atoms with Crippen molar-refractivity contribution in [2.45, 2.75) is 18.9 Å². The van der Waals surface area contributed by atoms with E-state index in [0.717, 1.165) is 4.88 Å². The van der Waals surface area contributed by atoms with Crippen molar-refractivity contribution in [2.75, 3.05) is 0 Å². The SMILES string of the molecule is O=C(CCc1cccs1)N[C@@H](C(=O)O)c1ccccc1F. The molecule has 0 radical (unpaired) electrons. The Morgan fingerprint density at radius 3 is 2.62 bits per heavy atom. The lowest BCUT2D eigenvalue weighted by molar-refractivity contribution is -0.142. The van der Waals surface area contributed by atoms with Gasteiger partial charge in [0, 0.05) is 16.9 Å². The monoisotopic (exact) mass is 307 g/mol. The van der Waals surface area contributed by atoms with E-state index in [-0.39, 0.29) is 12.0 Å². The van der Waals surface area contributed by atoms with E-state index >= 15 is 0 Å². The van der Waals surface area contributed by atoms with Gasteiger partial charge in [-0.3, -0.25) is 4.79 Å². The summed E-state index contributed by atoms with van der Waals surface area (Å²) in [4.78, 5) is 24.1. The molecule has 2 aromatic rings. The second-order valence-electron chi connectivity index (χ2n) is 4.44. The number of thiophene rings is 1. The number of amides is 1. The Hall–Kier alpha value is -2.21. The van der Waals surface area contributed by atoms with Crippen LogP contribution in [0.3, 0.4) is 0 Å². The summed E-state index contributed by atoms with van der Waals surface area (Å²) >= 11 is 1.53. The van der Waals surface area contributed by atoms with Crippen LogP contribution in [0.1, 0.15) is 22.9 Å². The summed E-state index contributed by atoms with van der Waals surface area (Å²) in [6.45, 7) is 0. The van der Waals surface area contributed by atoms with Gasteiger partial charge in [0.25, 0.3) is 0 Å². The van der Waals surface area contributed by atoms with Crippen molar-refractivity contribution in [3.05, 3.63) is 58.0 Å². The number of carbonyl (C=O) groups excluding carboxylic acids is 1. The second-order valence-corrected chi connectivity index (χ2v) is 5.47. The van der Waals surface area contributed by atoms with Crippen LogP contribution in [0.5, 0.6) is 0 Å². The molecule has 0 aliphatic heterocycles. The van der Waals surface area contributed by atoms with Crippen LogP contribution in [-0.4, -0.2) is 17.0 Å². The van der Waals surface area contributed by atoms with Crippen LogP contribution < -0.4 is 5.32 Å². The first kappa shape index (κ1) is 15.2. The highest BCUT2D eigenvalue weighted by molar-refractivity contribution is 7.09. The van der Waals surface area contributed by atoms with E-state index in [1.807, 2.05) is 17.5 Å². The van der Waals surface area contributed by atoms with Crippen molar-refractivity contribution in [1.82, 2.24) is 5.32 Å². The molecule has 1 aromatic carbocycles. The third-order valence-electron chi connectivity index (χ3n) is 2.95. The van der Waals surface area contributed by atoms with Crippen LogP contribution in [0.15, 0.2) is 41.8 Å². The highest BCUT2D eigenvalue weighted by Gasteiger charge is 2.24. The standard InChI is InChI=1S/C15H14FNO3S/c16-12-6-2-1-5-11(12)14(15(19)20)17-13(18)8-7-10-4-3-9-21-10/h1-6,9,14H,7-8H2,(H,17,18)(H,19,20)/t14-/m1/s1. The fourth-order valence-electron chi connectivity index (χ4n) is 1.91. The van der Waals surface area contributed by atoms with Gasteiger partial charge in [0.15, 0.2) is 6.04 Å². The van der Waals surface area contributed by atoms with Crippen molar-refractivity contribution in [3.63, 3.8) is 0 Å². The molecule has 0 saturated heterocycles. The van der Waals surface area contributed by atoms with E-state index in [0.29, 0.717) is 6.42 Å².